The lowest BCUT2D eigenvalue weighted by Crippen LogP contribution is -2.32. The van der Waals surface area contributed by atoms with E-state index in [1.807, 2.05) is 25.1 Å². The van der Waals surface area contributed by atoms with Crippen molar-refractivity contribution in [1.29, 1.82) is 0 Å². The van der Waals surface area contributed by atoms with Crippen molar-refractivity contribution in [3.8, 4) is 0 Å². The van der Waals surface area contributed by atoms with Gasteiger partial charge in [-0.1, -0.05) is 37.3 Å². The van der Waals surface area contributed by atoms with E-state index in [1.165, 1.54) is 0 Å². The normalized spacial score (nSPS) is 13.0. The lowest BCUT2D eigenvalue weighted by atomic mass is 10.1. The molecule has 0 amide bonds. The molecule has 1 unspecified atom stereocenters. The quantitative estimate of drug-likeness (QED) is 0.552. The minimum atomic E-state index is -0.553. The zero-order chi connectivity index (χ0) is 19.8. The van der Waals surface area contributed by atoms with Gasteiger partial charge in [0.05, 0.1) is 17.1 Å². The van der Waals surface area contributed by atoms with Crippen molar-refractivity contribution in [3.05, 3.63) is 80.6 Å². The Morgan fingerprint density at radius 2 is 1.75 bits per heavy atom. The SMILES string of the molecule is CCC(C)n1c(C)c(C=Nn2c(=O)[nH]c3ccccc3c2=O)c2ccccc21. The van der Waals surface area contributed by atoms with Gasteiger partial charge in [-0.05, 0) is 38.5 Å². The second-order valence-electron chi connectivity index (χ2n) is 6.98. The van der Waals surface area contributed by atoms with Crippen LogP contribution in [-0.4, -0.2) is 20.4 Å². The zero-order valence-corrected chi connectivity index (χ0v) is 16.1. The maximum absolute atomic E-state index is 12.7. The predicted octanol–water partition coefficient (Wildman–Crippen LogP) is 3.81. The summed E-state index contributed by atoms with van der Waals surface area (Å²) < 4.78 is 3.17. The van der Waals surface area contributed by atoms with Gasteiger partial charge in [0, 0.05) is 28.2 Å². The fourth-order valence-electron chi connectivity index (χ4n) is 3.70. The Kier molecular flexibility index (Phi) is 4.47. The molecular formula is C22H22N4O2. The molecule has 0 spiro atoms. The Bertz CT molecular complexity index is 1320. The van der Waals surface area contributed by atoms with E-state index in [9.17, 15) is 9.59 Å². The monoisotopic (exact) mass is 374 g/mol. The summed E-state index contributed by atoms with van der Waals surface area (Å²) in [6.45, 7) is 6.38. The lowest BCUT2D eigenvalue weighted by Gasteiger charge is -2.15. The van der Waals surface area contributed by atoms with Gasteiger partial charge in [-0.3, -0.25) is 4.79 Å². The van der Waals surface area contributed by atoms with Gasteiger partial charge < -0.3 is 9.55 Å². The van der Waals surface area contributed by atoms with Gasteiger partial charge in [0.25, 0.3) is 5.56 Å². The molecule has 6 heteroatoms. The van der Waals surface area contributed by atoms with Gasteiger partial charge in [0.15, 0.2) is 0 Å². The van der Waals surface area contributed by atoms with E-state index in [2.05, 4.69) is 34.6 Å². The van der Waals surface area contributed by atoms with Gasteiger partial charge in [-0.25, -0.2) is 4.79 Å². The predicted molar refractivity (Wildman–Crippen MR) is 113 cm³/mol. The summed E-state index contributed by atoms with van der Waals surface area (Å²) in [6.07, 6.45) is 2.61. The molecule has 0 aliphatic carbocycles. The molecular weight excluding hydrogens is 352 g/mol. The molecule has 4 aromatic rings. The molecule has 1 N–H and O–H groups in total. The number of aromatic nitrogens is 3. The van der Waals surface area contributed by atoms with Crippen LogP contribution in [0.3, 0.4) is 0 Å². The van der Waals surface area contributed by atoms with Crippen LogP contribution >= 0.6 is 0 Å². The Balaban J connectivity index is 1.91. The first-order chi connectivity index (χ1) is 13.5. The van der Waals surface area contributed by atoms with Crippen molar-refractivity contribution < 1.29 is 0 Å². The third-order valence-electron chi connectivity index (χ3n) is 5.32. The summed E-state index contributed by atoms with van der Waals surface area (Å²) in [4.78, 5) is 27.8. The van der Waals surface area contributed by atoms with E-state index in [4.69, 9.17) is 0 Å². The van der Waals surface area contributed by atoms with Crippen LogP contribution in [0.2, 0.25) is 0 Å². The van der Waals surface area contributed by atoms with Crippen molar-refractivity contribution in [3.63, 3.8) is 0 Å². The lowest BCUT2D eigenvalue weighted by molar-refractivity contribution is 0.537. The number of para-hydroxylation sites is 2. The highest BCUT2D eigenvalue weighted by Crippen LogP contribution is 2.29. The summed E-state index contributed by atoms with van der Waals surface area (Å²) in [6, 6.07) is 15.4. The van der Waals surface area contributed by atoms with E-state index >= 15 is 0 Å². The molecule has 0 aliphatic heterocycles. The number of rotatable bonds is 4. The molecule has 142 valence electrons. The van der Waals surface area contributed by atoms with E-state index < -0.39 is 11.2 Å². The molecule has 0 bridgehead atoms. The zero-order valence-electron chi connectivity index (χ0n) is 16.1. The summed E-state index contributed by atoms with van der Waals surface area (Å²) >= 11 is 0. The molecule has 2 aromatic carbocycles. The van der Waals surface area contributed by atoms with Gasteiger partial charge in [-0.2, -0.15) is 5.10 Å². The van der Waals surface area contributed by atoms with Gasteiger partial charge in [0.2, 0.25) is 0 Å². The largest absolute Gasteiger partial charge is 0.349 e. The number of benzene rings is 2. The van der Waals surface area contributed by atoms with Gasteiger partial charge in [0.1, 0.15) is 0 Å². The fourth-order valence-corrected chi connectivity index (χ4v) is 3.70. The van der Waals surface area contributed by atoms with Crippen molar-refractivity contribution >= 4 is 28.0 Å². The molecule has 1 atom stereocenters. The van der Waals surface area contributed by atoms with Crippen LogP contribution in [0.4, 0.5) is 0 Å². The highest BCUT2D eigenvalue weighted by Gasteiger charge is 2.16. The van der Waals surface area contributed by atoms with E-state index in [0.717, 1.165) is 33.3 Å². The second-order valence-corrected chi connectivity index (χ2v) is 6.98. The first-order valence-electron chi connectivity index (χ1n) is 9.41. The van der Waals surface area contributed by atoms with Crippen molar-refractivity contribution in [2.45, 2.75) is 33.2 Å². The van der Waals surface area contributed by atoms with Crippen molar-refractivity contribution in [2.24, 2.45) is 5.10 Å². The summed E-state index contributed by atoms with van der Waals surface area (Å²) in [7, 11) is 0. The smallest absolute Gasteiger partial charge is 0.341 e. The number of nitrogens with one attached hydrogen (secondary N) is 1. The number of hydrogen-bond donors (Lipinski definition) is 1. The van der Waals surface area contributed by atoms with Crippen LogP contribution < -0.4 is 11.2 Å². The van der Waals surface area contributed by atoms with Crippen LogP contribution in [0.25, 0.3) is 21.8 Å². The third kappa shape index (κ3) is 2.78. The van der Waals surface area contributed by atoms with Crippen molar-refractivity contribution in [2.75, 3.05) is 0 Å². The van der Waals surface area contributed by atoms with E-state index in [0.29, 0.717) is 16.9 Å². The average molecular weight is 374 g/mol. The molecule has 0 radical (unpaired) electrons. The van der Waals surface area contributed by atoms with Crippen LogP contribution in [-0.2, 0) is 0 Å². The molecule has 2 heterocycles. The number of H-pyrrole nitrogens is 1. The van der Waals surface area contributed by atoms with Gasteiger partial charge in [-0.15, -0.1) is 4.68 Å². The molecule has 6 nitrogen and oxygen atoms in total. The van der Waals surface area contributed by atoms with Gasteiger partial charge >= 0.3 is 5.69 Å². The summed E-state index contributed by atoms with van der Waals surface area (Å²) in [5.41, 5.74) is 2.62. The van der Waals surface area contributed by atoms with Crippen molar-refractivity contribution in [1.82, 2.24) is 14.2 Å². The Morgan fingerprint density at radius 3 is 2.50 bits per heavy atom. The third-order valence-corrected chi connectivity index (χ3v) is 5.32. The Labute approximate surface area is 161 Å². The minimum absolute atomic E-state index is 0.332. The topological polar surface area (TPSA) is 72.2 Å². The summed E-state index contributed by atoms with van der Waals surface area (Å²) in [5.74, 6) is 0. The average Bonchev–Trinajstić information content (AvgIpc) is 2.99. The first-order valence-corrected chi connectivity index (χ1v) is 9.41. The maximum atomic E-state index is 12.7. The van der Waals surface area contributed by atoms with Crippen LogP contribution in [0.5, 0.6) is 0 Å². The number of aromatic amines is 1. The molecule has 0 aliphatic rings. The molecule has 28 heavy (non-hydrogen) atoms. The van der Waals surface area contributed by atoms with Crippen LogP contribution in [0.15, 0.2) is 63.2 Å². The maximum Gasteiger partial charge on any atom is 0.349 e. The van der Waals surface area contributed by atoms with Crippen LogP contribution in [0, 0.1) is 6.92 Å². The molecule has 2 aromatic heterocycles. The second kappa shape index (κ2) is 6.96. The highest BCUT2D eigenvalue weighted by molar-refractivity contribution is 6.01. The molecule has 0 saturated heterocycles. The number of fused-ring (bicyclic) bond motifs is 2. The Hall–Kier alpha value is -3.41. The Morgan fingerprint density at radius 1 is 1.07 bits per heavy atom. The van der Waals surface area contributed by atoms with E-state index in [-0.39, 0.29) is 0 Å². The molecule has 0 fully saturated rings. The van der Waals surface area contributed by atoms with Crippen LogP contribution in [0.1, 0.15) is 37.6 Å². The number of hydrogen-bond acceptors (Lipinski definition) is 3. The highest BCUT2D eigenvalue weighted by atomic mass is 16.2. The van der Waals surface area contributed by atoms with E-state index in [1.54, 1.807) is 30.5 Å². The molecule has 0 saturated carbocycles. The number of nitrogens with zero attached hydrogens (tertiary/aromatic N) is 3. The fraction of sp³-hybridized carbons (Fsp3) is 0.227. The first kappa shape index (κ1) is 18.0. The molecule has 4 rings (SSSR count). The standard InChI is InChI=1S/C22H22N4O2/c1-4-14(2)25-15(3)18(16-9-6-8-12-20(16)25)13-23-26-21(27)17-10-5-7-11-19(17)24-22(26)28/h5-14H,4H2,1-3H3,(H,24,28). The summed E-state index contributed by atoms with van der Waals surface area (Å²) in [5, 5.41) is 5.74. The minimum Gasteiger partial charge on any atom is -0.341 e.